The van der Waals surface area contributed by atoms with Gasteiger partial charge in [-0.1, -0.05) is 6.07 Å². The Morgan fingerprint density at radius 1 is 1.39 bits per heavy atom. The minimum absolute atomic E-state index is 0. The maximum Gasteiger partial charge on any atom is 0.191 e. The van der Waals surface area contributed by atoms with Crippen LogP contribution in [-0.4, -0.2) is 62.1 Å². The number of piperidine rings is 1. The molecule has 2 saturated heterocycles. The van der Waals surface area contributed by atoms with Crippen molar-refractivity contribution in [3.63, 3.8) is 0 Å². The Bertz CT molecular complexity index is 640. The summed E-state index contributed by atoms with van der Waals surface area (Å²) >= 11 is 0. The average Bonchev–Trinajstić information content (AvgIpc) is 2.67. The van der Waals surface area contributed by atoms with E-state index in [-0.39, 0.29) is 35.8 Å². The molecule has 1 atom stereocenters. The molecule has 0 aromatic heterocycles. The molecule has 28 heavy (non-hydrogen) atoms. The van der Waals surface area contributed by atoms with Gasteiger partial charge in [0, 0.05) is 57.4 Å². The van der Waals surface area contributed by atoms with Crippen molar-refractivity contribution in [1.29, 1.82) is 0 Å². The number of benzene rings is 1. The molecule has 0 saturated carbocycles. The van der Waals surface area contributed by atoms with E-state index in [0.717, 1.165) is 44.1 Å². The first-order valence-corrected chi connectivity index (χ1v) is 9.93. The monoisotopic (exact) mass is 506 g/mol. The maximum atomic E-state index is 13.5. The molecule has 2 fully saturated rings. The average molecular weight is 506 g/mol. The van der Waals surface area contributed by atoms with E-state index in [1.54, 1.807) is 12.1 Å². The van der Waals surface area contributed by atoms with Crippen molar-refractivity contribution in [2.24, 2.45) is 4.99 Å². The SMILES string of the molecule is CCNC(=NCC1(O)CCOCC1)NC1CCCN(c2cccc(F)c2)C1.I. The summed E-state index contributed by atoms with van der Waals surface area (Å²) in [5.41, 5.74) is 0.140. The molecule has 0 aliphatic carbocycles. The molecule has 2 heterocycles. The highest BCUT2D eigenvalue weighted by Crippen LogP contribution is 2.22. The van der Waals surface area contributed by atoms with E-state index in [2.05, 4.69) is 20.5 Å². The van der Waals surface area contributed by atoms with Gasteiger partial charge in [0.15, 0.2) is 5.96 Å². The molecule has 3 rings (SSSR count). The van der Waals surface area contributed by atoms with Crippen LogP contribution in [0, 0.1) is 5.82 Å². The van der Waals surface area contributed by atoms with Crippen LogP contribution in [0.25, 0.3) is 0 Å². The van der Waals surface area contributed by atoms with Crippen LogP contribution in [0.4, 0.5) is 10.1 Å². The van der Waals surface area contributed by atoms with Crippen LogP contribution < -0.4 is 15.5 Å². The predicted octanol–water partition coefficient (Wildman–Crippen LogP) is 2.51. The van der Waals surface area contributed by atoms with Gasteiger partial charge >= 0.3 is 0 Å². The summed E-state index contributed by atoms with van der Waals surface area (Å²) in [4.78, 5) is 6.83. The summed E-state index contributed by atoms with van der Waals surface area (Å²) in [7, 11) is 0. The summed E-state index contributed by atoms with van der Waals surface area (Å²) in [6.07, 6.45) is 3.31. The molecule has 1 aromatic rings. The summed E-state index contributed by atoms with van der Waals surface area (Å²) < 4.78 is 18.9. The van der Waals surface area contributed by atoms with Gasteiger partial charge in [-0.15, -0.1) is 24.0 Å². The lowest BCUT2D eigenvalue weighted by atomic mass is 9.95. The molecule has 2 aliphatic heterocycles. The number of nitrogens with zero attached hydrogens (tertiary/aromatic N) is 2. The molecule has 0 spiro atoms. The van der Waals surface area contributed by atoms with Gasteiger partial charge in [0.2, 0.25) is 0 Å². The number of guanidine groups is 1. The lowest BCUT2D eigenvalue weighted by Crippen LogP contribution is -2.52. The zero-order valence-corrected chi connectivity index (χ0v) is 18.8. The minimum Gasteiger partial charge on any atom is -0.388 e. The summed E-state index contributed by atoms with van der Waals surface area (Å²) in [5.74, 6) is 0.519. The minimum atomic E-state index is -0.777. The molecule has 0 bridgehead atoms. The molecular weight excluding hydrogens is 474 g/mol. The second-order valence-corrected chi connectivity index (χ2v) is 7.44. The Kier molecular flexibility index (Phi) is 9.23. The van der Waals surface area contributed by atoms with E-state index in [0.29, 0.717) is 32.6 Å². The first-order chi connectivity index (χ1) is 13.1. The lowest BCUT2D eigenvalue weighted by Gasteiger charge is -2.36. The van der Waals surface area contributed by atoms with Crippen molar-refractivity contribution >= 4 is 35.6 Å². The maximum absolute atomic E-state index is 13.5. The van der Waals surface area contributed by atoms with Crippen molar-refractivity contribution in [2.45, 2.75) is 44.2 Å². The zero-order chi connectivity index (χ0) is 19.1. The molecule has 6 nitrogen and oxygen atoms in total. The number of aliphatic hydroxyl groups is 1. The predicted molar refractivity (Wildman–Crippen MR) is 121 cm³/mol. The van der Waals surface area contributed by atoms with Crippen molar-refractivity contribution in [1.82, 2.24) is 10.6 Å². The van der Waals surface area contributed by atoms with Crippen LogP contribution in [0.3, 0.4) is 0 Å². The van der Waals surface area contributed by atoms with Crippen LogP contribution >= 0.6 is 24.0 Å². The van der Waals surface area contributed by atoms with Gasteiger partial charge in [-0.3, -0.25) is 4.99 Å². The summed E-state index contributed by atoms with van der Waals surface area (Å²) in [5, 5.41) is 17.4. The highest BCUT2D eigenvalue weighted by molar-refractivity contribution is 14.0. The Morgan fingerprint density at radius 3 is 2.89 bits per heavy atom. The normalized spacial score (nSPS) is 22.3. The van der Waals surface area contributed by atoms with Crippen molar-refractivity contribution in [3.8, 4) is 0 Å². The van der Waals surface area contributed by atoms with Crippen LogP contribution in [0.5, 0.6) is 0 Å². The lowest BCUT2D eigenvalue weighted by molar-refractivity contribution is -0.0566. The Balaban J connectivity index is 0.00000280. The number of nitrogens with one attached hydrogen (secondary N) is 2. The molecule has 8 heteroatoms. The van der Waals surface area contributed by atoms with Crippen LogP contribution in [0.15, 0.2) is 29.3 Å². The number of anilines is 1. The van der Waals surface area contributed by atoms with E-state index in [9.17, 15) is 9.50 Å². The van der Waals surface area contributed by atoms with Gasteiger partial charge in [0.1, 0.15) is 5.82 Å². The summed E-state index contributed by atoms with van der Waals surface area (Å²) in [6.45, 7) is 6.05. The molecule has 1 unspecified atom stereocenters. The van der Waals surface area contributed by atoms with Crippen molar-refractivity contribution in [3.05, 3.63) is 30.1 Å². The van der Waals surface area contributed by atoms with Crippen LogP contribution in [-0.2, 0) is 4.74 Å². The van der Waals surface area contributed by atoms with Gasteiger partial charge in [0.25, 0.3) is 0 Å². The number of halogens is 2. The fourth-order valence-corrected chi connectivity index (χ4v) is 3.65. The molecule has 0 amide bonds. The number of hydrogen-bond acceptors (Lipinski definition) is 4. The number of ether oxygens (including phenoxy) is 1. The molecule has 1 aromatic carbocycles. The standard InChI is InChI=1S/C20H31FN4O2.HI/c1-2-22-19(23-15-20(26)8-11-27-12-9-20)24-17-6-4-10-25(14-17)18-7-3-5-16(21)13-18;/h3,5,7,13,17,26H,2,4,6,8-12,14-15H2,1H3,(H2,22,23,24);1H. The fourth-order valence-electron chi connectivity index (χ4n) is 3.65. The molecule has 2 aliphatic rings. The largest absolute Gasteiger partial charge is 0.388 e. The van der Waals surface area contributed by atoms with Crippen molar-refractivity contribution in [2.75, 3.05) is 44.3 Å². The Morgan fingerprint density at radius 2 is 2.18 bits per heavy atom. The molecular formula is C20H32FIN4O2. The van der Waals surface area contributed by atoms with Crippen LogP contribution in [0.2, 0.25) is 0 Å². The summed E-state index contributed by atoms with van der Waals surface area (Å²) in [6, 6.07) is 6.99. The highest BCUT2D eigenvalue weighted by atomic mass is 127. The topological polar surface area (TPSA) is 69.1 Å². The van der Waals surface area contributed by atoms with Gasteiger partial charge in [0.05, 0.1) is 12.1 Å². The van der Waals surface area contributed by atoms with E-state index in [1.807, 2.05) is 13.0 Å². The highest BCUT2D eigenvalue weighted by Gasteiger charge is 2.30. The van der Waals surface area contributed by atoms with Gasteiger partial charge in [-0.25, -0.2) is 4.39 Å². The second-order valence-electron chi connectivity index (χ2n) is 7.44. The third kappa shape index (κ3) is 6.73. The third-order valence-electron chi connectivity index (χ3n) is 5.23. The fraction of sp³-hybridized carbons (Fsp3) is 0.650. The number of rotatable bonds is 5. The first kappa shape index (κ1) is 23.2. The van der Waals surface area contributed by atoms with Gasteiger partial charge < -0.3 is 25.4 Å². The van der Waals surface area contributed by atoms with E-state index in [4.69, 9.17) is 4.74 Å². The number of aliphatic imine (C=N–C) groups is 1. The second kappa shape index (κ2) is 11.2. The van der Waals surface area contributed by atoms with E-state index in [1.165, 1.54) is 6.07 Å². The molecule has 3 N–H and O–H groups in total. The zero-order valence-electron chi connectivity index (χ0n) is 16.5. The van der Waals surface area contributed by atoms with E-state index < -0.39 is 5.60 Å². The molecule has 158 valence electrons. The smallest absolute Gasteiger partial charge is 0.191 e. The van der Waals surface area contributed by atoms with Gasteiger partial charge in [-0.2, -0.15) is 0 Å². The molecule has 0 radical (unpaired) electrons. The van der Waals surface area contributed by atoms with Crippen molar-refractivity contribution < 1.29 is 14.2 Å². The Hall–Kier alpha value is -1.13. The quantitative estimate of drug-likeness (QED) is 0.326. The van der Waals surface area contributed by atoms with E-state index >= 15 is 0 Å². The van der Waals surface area contributed by atoms with Gasteiger partial charge in [-0.05, 0) is 38.0 Å². The number of hydrogen-bond donors (Lipinski definition) is 3. The van der Waals surface area contributed by atoms with Crippen LogP contribution in [0.1, 0.15) is 32.6 Å². The third-order valence-corrected chi connectivity index (χ3v) is 5.23. The first-order valence-electron chi connectivity index (χ1n) is 9.93. The Labute approximate surface area is 184 Å².